The average molecular weight is 578 g/mol. The largest absolute Gasteiger partial charge is 0.491 e. The zero-order chi connectivity index (χ0) is 23.5. The number of aliphatic hydroxyl groups is 1. The van der Waals surface area contributed by atoms with Crippen LogP contribution in [0.1, 0.15) is 43.8 Å². The van der Waals surface area contributed by atoms with Crippen LogP contribution in [0, 0.1) is 0 Å². The minimum atomic E-state index is -0.683. The van der Waals surface area contributed by atoms with Gasteiger partial charge in [-0.1, -0.05) is 42.5 Å². The first kappa shape index (κ1) is 27.7. The Labute approximate surface area is 219 Å². The molecule has 0 fully saturated rings. The van der Waals surface area contributed by atoms with Gasteiger partial charge in [0.15, 0.2) is 5.96 Å². The third-order valence-corrected chi connectivity index (χ3v) is 5.09. The van der Waals surface area contributed by atoms with Gasteiger partial charge in [-0.05, 0) is 50.5 Å². The summed E-state index contributed by atoms with van der Waals surface area (Å²) in [6.07, 6.45) is 4.15. The van der Waals surface area contributed by atoms with E-state index in [-0.39, 0.29) is 30.1 Å². The van der Waals surface area contributed by atoms with Crippen LogP contribution in [0.3, 0.4) is 0 Å². The molecule has 184 valence electrons. The molecule has 3 aromatic rings. The number of guanidine groups is 1. The van der Waals surface area contributed by atoms with E-state index in [1.54, 1.807) is 0 Å². The molecule has 0 spiro atoms. The van der Waals surface area contributed by atoms with E-state index in [2.05, 4.69) is 49.4 Å². The number of imidazole rings is 1. The number of hydrogen-bond acceptors (Lipinski definition) is 4. The van der Waals surface area contributed by atoms with E-state index >= 15 is 0 Å². The van der Waals surface area contributed by atoms with Gasteiger partial charge in [-0.15, -0.1) is 24.0 Å². The molecule has 0 aliphatic heterocycles. The molecule has 1 unspecified atom stereocenters. The van der Waals surface area contributed by atoms with Crippen molar-refractivity contribution in [2.75, 3.05) is 13.1 Å². The fourth-order valence-corrected chi connectivity index (χ4v) is 3.46. The lowest BCUT2D eigenvalue weighted by Crippen LogP contribution is -2.39. The number of rotatable bonds is 11. The maximum absolute atomic E-state index is 10.7. The number of benzene rings is 2. The highest BCUT2D eigenvalue weighted by Crippen LogP contribution is 2.20. The number of nitrogens with one attached hydrogen (secondary N) is 2. The molecule has 8 heteroatoms. The Balaban J connectivity index is 0.00000408. The zero-order valence-electron chi connectivity index (χ0n) is 20.1. The number of aromatic nitrogens is 2. The van der Waals surface area contributed by atoms with Crippen molar-refractivity contribution < 1.29 is 9.84 Å². The van der Waals surface area contributed by atoms with Crippen LogP contribution >= 0.6 is 24.0 Å². The first-order valence-corrected chi connectivity index (χ1v) is 11.6. The van der Waals surface area contributed by atoms with Crippen LogP contribution < -0.4 is 15.4 Å². The van der Waals surface area contributed by atoms with Gasteiger partial charge in [0.05, 0.1) is 12.2 Å². The lowest BCUT2D eigenvalue weighted by molar-refractivity contribution is 0.179. The second kappa shape index (κ2) is 14.6. The summed E-state index contributed by atoms with van der Waals surface area (Å²) in [7, 11) is 0. The fraction of sp³-hybridized carbons (Fsp3) is 0.385. The van der Waals surface area contributed by atoms with Gasteiger partial charge >= 0.3 is 0 Å². The van der Waals surface area contributed by atoms with Gasteiger partial charge in [-0.25, -0.2) is 9.98 Å². The Bertz CT molecular complexity index is 1010. The van der Waals surface area contributed by atoms with Crippen molar-refractivity contribution in [3.8, 4) is 5.75 Å². The highest BCUT2D eigenvalue weighted by Gasteiger charge is 2.11. The number of hydrogen-bond donors (Lipinski definition) is 3. The van der Waals surface area contributed by atoms with Crippen LogP contribution in [-0.2, 0) is 19.5 Å². The molecular weight excluding hydrogens is 541 g/mol. The Morgan fingerprint density at radius 2 is 1.91 bits per heavy atom. The van der Waals surface area contributed by atoms with Gasteiger partial charge < -0.3 is 25.0 Å². The minimum absolute atomic E-state index is 0. The third-order valence-electron chi connectivity index (χ3n) is 5.09. The van der Waals surface area contributed by atoms with Gasteiger partial charge in [-0.2, -0.15) is 0 Å². The lowest BCUT2D eigenvalue weighted by Gasteiger charge is -2.17. The second-order valence-corrected chi connectivity index (χ2v) is 8.10. The molecule has 0 aliphatic carbocycles. The van der Waals surface area contributed by atoms with Gasteiger partial charge in [-0.3, -0.25) is 0 Å². The van der Waals surface area contributed by atoms with E-state index in [0.717, 1.165) is 36.6 Å². The van der Waals surface area contributed by atoms with Crippen molar-refractivity contribution in [2.24, 2.45) is 4.99 Å². The van der Waals surface area contributed by atoms with Crippen molar-refractivity contribution in [3.63, 3.8) is 0 Å². The van der Waals surface area contributed by atoms with E-state index in [0.29, 0.717) is 19.0 Å². The maximum Gasteiger partial charge on any atom is 0.191 e. The summed E-state index contributed by atoms with van der Waals surface area (Å²) in [5, 5.41) is 17.1. The molecule has 0 radical (unpaired) electrons. The summed E-state index contributed by atoms with van der Waals surface area (Å²) >= 11 is 0. The first-order valence-electron chi connectivity index (χ1n) is 11.6. The fourth-order valence-electron chi connectivity index (χ4n) is 3.46. The van der Waals surface area contributed by atoms with Crippen LogP contribution in [0.5, 0.6) is 5.75 Å². The topological polar surface area (TPSA) is 83.7 Å². The summed E-state index contributed by atoms with van der Waals surface area (Å²) in [5.74, 6) is 2.30. The molecular formula is C26H36IN5O2. The van der Waals surface area contributed by atoms with Gasteiger partial charge in [0.2, 0.25) is 0 Å². The molecule has 0 aliphatic rings. The lowest BCUT2D eigenvalue weighted by atomic mass is 10.1. The molecule has 1 aromatic heterocycles. The van der Waals surface area contributed by atoms with Crippen LogP contribution in [0.15, 0.2) is 72.0 Å². The van der Waals surface area contributed by atoms with Crippen molar-refractivity contribution in [1.29, 1.82) is 0 Å². The maximum atomic E-state index is 10.7. The molecule has 0 amide bonds. The Kier molecular flexibility index (Phi) is 11.9. The summed E-state index contributed by atoms with van der Waals surface area (Å²) in [6.45, 7) is 8.34. The number of nitrogens with zero attached hydrogens (tertiary/aromatic N) is 3. The molecule has 7 nitrogen and oxygen atoms in total. The SMILES string of the molecule is CCNC(=NCc1nccn1CCc1ccccc1)NCC(O)c1cccc(OC(C)C)c1.I. The number of aliphatic hydroxyl groups excluding tert-OH is 1. The summed E-state index contributed by atoms with van der Waals surface area (Å²) in [5.41, 5.74) is 2.10. The summed E-state index contributed by atoms with van der Waals surface area (Å²) in [6, 6.07) is 18.0. The van der Waals surface area contributed by atoms with Crippen LogP contribution in [0.25, 0.3) is 0 Å². The van der Waals surface area contributed by atoms with E-state index in [1.165, 1.54) is 5.56 Å². The molecule has 0 saturated heterocycles. The zero-order valence-corrected chi connectivity index (χ0v) is 22.5. The Hall–Kier alpha value is -2.59. The second-order valence-electron chi connectivity index (χ2n) is 8.10. The van der Waals surface area contributed by atoms with E-state index < -0.39 is 6.10 Å². The van der Waals surface area contributed by atoms with E-state index in [9.17, 15) is 5.11 Å². The predicted molar refractivity (Wildman–Crippen MR) is 148 cm³/mol. The molecule has 0 bridgehead atoms. The van der Waals surface area contributed by atoms with Crippen molar-refractivity contribution in [1.82, 2.24) is 20.2 Å². The molecule has 3 rings (SSSR count). The number of halogens is 1. The van der Waals surface area contributed by atoms with Gasteiger partial charge in [0, 0.05) is 32.0 Å². The predicted octanol–water partition coefficient (Wildman–Crippen LogP) is 4.32. The van der Waals surface area contributed by atoms with Gasteiger partial charge in [0.1, 0.15) is 18.1 Å². The molecule has 34 heavy (non-hydrogen) atoms. The van der Waals surface area contributed by atoms with Crippen LogP contribution in [0.4, 0.5) is 0 Å². The number of aliphatic imine (C=N–C) groups is 1. The Morgan fingerprint density at radius 1 is 1.12 bits per heavy atom. The number of aryl methyl sites for hydroxylation is 2. The van der Waals surface area contributed by atoms with Crippen LogP contribution in [-0.4, -0.2) is 39.8 Å². The standard InChI is InChI=1S/C26H35N5O2.HI/c1-4-27-26(29-18-24(32)22-11-8-12-23(17-22)33-20(2)3)30-19-25-28-14-16-31(25)15-13-21-9-6-5-7-10-21;/h5-12,14,16-17,20,24,32H,4,13,15,18-19H2,1-3H3,(H2,27,29,30);1H. The Morgan fingerprint density at radius 3 is 2.65 bits per heavy atom. The molecule has 2 aromatic carbocycles. The monoisotopic (exact) mass is 577 g/mol. The van der Waals surface area contributed by atoms with E-state index in [1.807, 2.05) is 63.5 Å². The summed E-state index contributed by atoms with van der Waals surface area (Å²) in [4.78, 5) is 9.14. The highest BCUT2D eigenvalue weighted by molar-refractivity contribution is 14.0. The highest BCUT2D eigenvalue weighted by atomic mass is 127. The normalized spacial score (nSPS) is 12.2. The van der Waals surface area contributed by atoms with E-state index in [4.69, 9.17) is 4.74 Å². The number of ether oxygens (including phenoxy) is 1. The quantitative estimate of drug-likeness (QED) is 0.180. The summed E-state index contributed by atoms with van der Waals surface area (Å²) < 4.78 is 7.87. The molecule has 0 saturated carbocycles. The molecule has 3 N–H and O–H groups in total. The first-order chi connectivity index (χ1) is 16.0. The van der Waals surface area contributed by atoms with Gasteiger partial charge in [0.25, 0.3) is 0 Å². The van der Waals surface area contributed by atoms with Crippen molar-refractivity contribution >= 4 is 29.9 Å². The van der Waals surface area contributed by atoms with Crippen LogP contribution in [0.2, 0.25) is 0 Å². The minimum Gasteiger partial charge on any atom is -0.491 e. The van der Waals surface area contributed by atoms with Crippen molar-refractivity contribution in [3.05, 3.63) is 83.9 Å². The van der Waals surface area contributed by atoms with Crippen molar-refractivity contribution in [2.45, 2.75) is 52.5 Å². The smallest absolute Gasteiger partial charge is 0.191 e. The molecule has 1 heterocycles. The molecule has 1 atom stereocenters. The third kappa shape index (κ3) is 8.98. The average Bonchev–Trinajstić information content (AvgIpc) is 3.27.